The van der Waals surface area contributed by atoms with Crippen LogP contribution in [0, 0.1) is 5.82 Å². The molecule has 4 aromatic carbocycles. The van der Waals surface area contributed by atoms with Crippen molar-refractivity contribution < 1.29 is 22.7 Å². The molecule has 3 heterocycles. The van der Waals surface area contributed by atoms with Crippen LogP contribution < -0.4 is 9.04 Å². The number of fused-ring (bicyclic) bond motifs is 2. The van der Waals surface area contributed by atoms with Crippen molar-refractivity contribution in [2.75, 3.05) is 16.6 Å². The van der Waals surface area contributed by atoms with Crippen LogP contribution in [-0.4, -0.2) is 35.4 Å². The van der Waals surface area contributed by atoms with Crippen molar-refractivity contribution in [3.05, 3.63) is 132 Å². The monoisotopic (exact) mass is 593 g/mol. The normalized spacial score (nSPS) is 14.6. The summed E-state index contributed by atoms with van der Waals surface area (Å²) in [4.78, 5) is 4.69. The Kier molecular flexibility index (Phi) is 6.74. The van der Waals surface area contributed by atoms with Crippen molar-refractivity contribution in [2.24, 2.45) is 0 Å². The fraction of sp³-hybridized carbons (Fsp3) is 0.147. The van der Waals surface area contributed by atoms with Gasteiger partial charge in [0, 0.05) is 29.7 Å². The molecule has 0 unspecified atom stereocenters. The lowest BCUT2D eigenvalue weighted by Gasteiger charge is -2.25. The fourth-order valence-electron chi connectivity index (χ4n) is 5.87. The van der Waals surface area contributed by atoms with E-state index < -0.39 is 16.1 Å². The third-order valence-corrected chi connectivity index (χ3v) is 9.71. The Balaban J connectivity index is 1.51. The number of nitrogens with zero attached hydrogens (tertiary/aromatic N) is 3. The van der Waals surface area contributed by atoms with Gasteiger partial charge in [0.2, 0.25) is 15.9 Å². The molecule has 9 heteroatoms. The minimum atomic E-state index is -3.58. The number of ether oxygens (including phenoxy) is 1. The highest BCUT2D eigenvalue weighted by molar-refractivity contribution is 7.93. The molecule has 43 heavy (non-hydrogen) atoms. The molecule has 0 atom stereocenters. The zero-order valence-electron chi connectivity index (χ0n) is 23.1. The van der Waals surface area contributed by atoms with Crippen molar-refractivity contribution >= 4 is 37.4 Å². The second-order valence-electron chi connectivity index (χ2n) is 10.6. The van der Waals surface area contributed by atoms with E-state index >= 15 is 0 Å². The maximum atomic E-state index is 13.6. The third kappa shape index (κ3) is 4.85. The Hall–Kier alpha value is -4.89. The molecule has 6 aromatic rings. The van der Waals surface area contributed by atoms with Crippen LogP contribution in [0.4, 0.5) is 10.1 Å². The maximum absolute atomic E-state index is 13.6. The van der Waals surface area contributed by atoms with Crippen LogP contribution in [0.1, 0.15) is 29.2 Å². The van der Waals surface area contributed by atoms with Crippen LogP contribution in [0.2, 0.25) is 0 Å². The van der Waals surface area contributed by atoms with Gasteiger partial charge in [-0.05, 0) is 47.4 Å². The number of sulfonamides is 1. The van der Waals surface area contributed by atoms with E-state index in [1.54, 1.807) is 35.2 Å². The van der Waals surface area contributed by atoms with E-state index in [9.17, 15) is 17.9 Å². The van der Waals surface area contributed by atoms with E-state index in [2.05, 4.69) is 4.98 Å². The van der Waals surface area contributed by atoms with E-state index in [-0.39, 0.29) is 24.0 Å². The highest BCUT2D eigenvalue weighted by Gasteiger charge is 2.34. The smallest absolute Gasteiger partial charge is 0.235 e. The van der Waals surface area contributed by atoms with E-state index in [1.807, 2.05) is 66.7 Å². The second-order valence-corrected chi connectivity index (χ2v) is 12.6. The summed E-state index contributed by atoms with van der Waals surface area (Å²) in [6, 6.07) is 29.2. The second kappa shape index (κ2) is 10.7. The van der Waals surface area contributed by atoms with E-state index in [4.69, 9.17) is 4.74 Å². The van der Waals surface area contributed by atoms with Crippen LogP contribution >= 0.6 is 0 Å². The first-order valence-electron chi connectivity index (χ1n) is 14.0. The summed E-state index contributed by atoms with van der Waals surface area (Å²) in [7, 11) is -3.58. The van der Waals surface area contributed by atoms with Crippen molar-refractivity contribution in [2.45, 2.75) is 19.1 Å². The molecule has 1 N–H and O–H groups in total. The summed E-state index contributed by atoms with van der Waals surface area (Å²) in [5.41, 5.74) is 3.49. The van der Waals surface area contributed by atoms with Crippen molar-refractivity contribution in [3.63, 3.8) is 0 Å². The summed E-state index contributed by atoms with van der Waals surface area (Å²) >= 11 is 0. The average molecular weight is 594 g/mol. The Morgan fingerprint density at radius 1 is 0.884 bits per heavy atom. The molecule has 0 spiro atoms. The van der Waals surface area contributed by atoms with Crippen molar-refractivity contribution in [1.29, 1.82) is 0 Å². The van der Waals surface area contributed by atoms with Gasteiger partial charge in [-0.1, -0.05) is 72.8 Å². The van der Waals surface area contributed by atoms with Gasteiger partial charge in [0.15, 0.2) is 5.75 Å². The fourth-order valence-corrected chi connectivity index (χ4v) is 7.47. The lowest BCUT2D eigenvalue weighted by molar-refractivity contribution is 0.252. The van der Waals surface area contributed by atoms with Gasteiger partial charge >= 0.3 is 0 Å². The summed E-state index contributed by atoms with van der Waals surface area (Å²) in [5.74, 6) is -0.0624. The molecular formula is C34H28FN3O4S. The van der Waals surface area contributed by atoms with Crippen LogP contribution in [0.5, 0.6) is 11.6 Å². The summed E-state index contributed by atoms with van der Waals surface area (Å²) in [6.07, 6.45) is 3.33. The number of halogens is 1. The lowest BCUT2D eigenvalue weighted by atomic mass is 10.0. The van der Waals surface area contributed by atoms with Crippen molar-refractivity contribution in [1.82, 2.24) is 9.55 Å². The molecular weight excluding hydrogens is 565 g/mol. The zero-order chi connectivity index (χ0) is 29.6. The zero-order valence-corrected chi connectivity index (χ0v) is 23.9. The Morgan fingerprint density at radius 2 is 1.56 bits per heavy atom. The topological polar surface area (TPSA) is 84.7 Å². The average Bonchev–Trinajstić information content (AvgIpc) is 3.55. The van der Waals surface area contributed by atoms with Crippen LogP contribution in [0.15, 0.2) is 109 Å². The Morgan fingerprint density at radius 3 is 2.19 bits per heavy atom. The number of hydrogen-bond acceptors (Lipinski definition) is 5. The van der Waals surface area contributed by atoms with Crippen molar-refractivity contribution in [3.8, 4) is 11.6 Å². The molecule has 1 aliphatic rings. The molecule has 0 aliphatic carbocycles. The molecule has 0 saturated carbocycles. The molecule has 0 bridgehead atoms. The predicted octanol–water partition coefficient (Wildman–Crippen LogP) is 6.79. The molecule has 0 radical (unpaired) electrons. The maximum Gasteiger partial charge on any atom is 0.235 e. The Labute approximate surface area is 248 Å². The number of anilines is 1. The van der Waals surface area contributed by atoms with E-state index in [0.29, 0.717) is 46.1 Å². The number of aromatic hydroxyl groups is 1. The minimum absolute atomic E-state index is 0.0425. The van der Waals surface area contributed by atoms with Gasteiger partial charge < -0.3 is 14.4 Å². The summed E-state index contributed by atoms with van der Waals surface area (Å²) < 4.78 is 50.1. The predicted molar refractivity (Wildman–Crippen MR) is 166 cm³/mol. The molecule has 216 valence electrons. The first kappa shape index (κ1) is 27.0. The molecule has 1 saturated heterocycles. The first-order chi connectivity index (χ1) is 20.9. The molecule has 7 rings (SSSR count). The van der Waals surface area contributed by atoms with Gasteiger partial charge in [-0.25, -0.2) is 12.8 Å². The molecule has 1 fully saturated rings. The van der Waals surface area contributed by atoms with Crippen LogP contribution in [0.25, 0.3) is 21.7 Å². The largest absolute Gasteiger partial charge is 0.494 e. The number of benzene rings is 4. The SMILES string of the molecule is O=S1(=O)CCCN1c1c2cccnc2c(OC(c2ccccc2)c2ccccc2)c2c(O)n(Cc3ccc(F)cc3)cc12. The highest BCUT2D eigenvalue weighted by atomic mass is 32.2. The van der Waals surface area contributed by atoms with Gasteiger partial charge in [0.05, 0.1) is 23.4 Å². The molecule has 2 aromatic heterocycles. The third-order valence-electron chi connectivity index (χ3n) is 7.87. The number of rotatable bonds is 7. The molecule has 0 amide bonds. The number of hydrogen-bond donors (Lipinski definition) is 1. The van der Waals surface area contributed by atoms with Gasteiger partial charge in [0.25, 0.3) is 0 Å². The van der Waals surface area contributed by atoms with E-state index in [1.165, 1.54) is 16.4 Å². The highest BCUT2D eigenvalue weighted by Crippen LogP contribution is 2.49. The Bertz CT molecular complexity index is 2010. The van der Waals surface area contributed by atoms with Gasteiger partial charge in [-0.3, -0.25) is 9.29 Å². The van der Waals surface area contributed by atoms with Gasteiger partial charge in [-0.15, -0.1) is 0 Å². The standard InChI is InChI=1S/C34H28FN3O4S/c35-26-16-14-23(15-17-26)21-37-22-28-29(34(37)39)33(42-32(24-9-3-1-4-10-24)25-11-5-2-6-12-25)30-27(13-7-18-36-30)31(28)38-19-8-20-43(38,40)41/h1-7,9-18,22,32,39H,8,19-21H2. The minimum Gasteiger partial charge on any atom is -0.494 e. The van der Waals surface area contributed by atoms with E-state index in [0.717, 1.165) is 16.7 Å². The summed E-state index contributed by atoms with van der Waals surface area (Å²) in [5, 5.41) is 13.3. The number of aromatic nitrogens is 2. The van der Waals surface area contributed by atoms with Crippen LogP contribution in [-0.2, 0) is 16.6 Å². The summed E-state index contributed by atoms with van der Waals surface area (Å²) in [6.45, 7) is 0.555. The van der Waals surface area contributed by atoms with Gasteiger partial charge in [-0.2, -0.15) is 0 Å². The number of pyridine rings is 1. The van der Waals surface area contributed by atoms with Crippen LogP contribution in [0.3, 0.4) is 0 Å². The van der Waals surface area contributed by atoms with Gasteiger partial charge in [0.1, 0.15) is 17.4 Å². The lowest BCUT2D eigenvalue weighted by Crippen LogP contribution is -2.25. The molecule has 1 aliphatic heterocycles. The quantitative estimate of drug-likeness (QED) is 0.220. The first-order valence-corrected chi connectivity index (χ1v) is 15.7. The molecule has 7 nitrogen and oxygen atoms in total.